The van der Waals surface area contributed by atoms with Gasteiger partial charge in [0.25, 0.3) is 20.8 Å². The van der Waals surface area contributed by atoms with Crippen LogP contribution in [0.3, 0.4) is 0 Å². The Hall–Kier alpha value is -2.10. The maximum absolute atomic E-state index is 10.8. The van der Waals surface area contributed by atoms with E-state index >= 15 is 0 Å². The first-order valence-corrected chi connectivity index (χ1v) is 12.9. The molecule has 0 atom stereocenters. The summed E-state index contributed by atoms with van der Waals surface area (Å²) in [5, 5.41) is 1.59. The van der Waals surface area contributed by atoms with Crippen molar-refractivity contribution in [3.63, 3.8) is 0 Å². The molecule has 0 fully saturated rings. The molecular formula is C24H14N2Na2O8S2. The molecule has 2 aromatic heterocycles. The van der Waals surface area contributed by atoms with Crippen molar-refractivity contribution in [2.24, 2.45) is 0 Å². The number of pyridine rings is 2. The molecule has 14 heteroatoms. The maximum Gasteiger partial charge on any atom is 1.00 e. The van der Waals surface area contributed by atoms with Crippen molar-refractivity contribution in [2.75, 3.05) is 0 Å². The summed E-state index contributed by atoms with van der Waals surface area (Å²) in [6, 6.07) is 19.5. The Bertz CT molecular complexity index is 1700. The summed E-state index contributed by atoms with van der Waals surface area (Å²) in [6.07, 6.45) is 3.26. The van der Waals surface area contributed by atoms with Gasteiger partial charge in [-0.15, -0.1) is 0 Å². The Balaban J connectivity index is 0.00000200. The quantitative estimate of drug-likeness (QED) is 0.0953. The van der Waals surface area contributed by atoms with E-state index in [2.05, 4.69) is 18.3 Å². The van der Waals surface area contributed by atoms with E-state index < -0.39 is 20.8 Å². The molecule has 0 amide bonds. The van der Waals surface area contributed by atoms with E-state index in [-0.39, 0.29) is 70.6 Å². The first kappa shape index (κ1) is 30.4. The number of rotatable bonds is 6. The molecule has 182 valence electrons. The van der Waals surface area contributed by atoms with Gasteiger partial charge in [0.05, 0.1) is 11.0 Å². The number of hydrogen-bond acceptors (Lipinski definition) is 10. The smallest absolute Gasteiger partial charge is 0.716 e. The van der Waals surface area contributed by atoms with Crippen LogP contribution in [0.2, 0.25) is 0 Å². The maximum atomic E-state index is 10.8. The van der Waals surface area contributed by atoms with Crippen molar-refractivity contribution >= 4 is 42.6 Å². The van der Waals surface area contributed by atoms with Crippen molar-refractivity contribution in [3.8, 4) is 33.8 Å². The van der Waals surface area contributed by atoms with E-state index in [0.29, 0.717) is 11.0 Å². The summed E-state index contributed by atoms with van der Waals surface area (Å²) in [7, 11) is -9.73. The molecule has 0 aliphatic carbocycles. The Labute approximate surface area is 262 Å². The minimum atomic E-state index is -4.87. The van der Waals surface area contributed by atoms with Crippen LogP contribution in [-0.4, -0.2) is 35.9 Å². The number of fused-ring (bicyclic) bond motifs is 3. The summed E-state index contributed by atoms with van der Waals surface area (Å²) < 4.78 is 73.7. The third-order valence-electron chi connectivity index (χ3n) is 5.35. The van der Waals surface area contributed by atoms with Crippen molar-refractivity contribution < 1.29 is 93.4 Å². The number of benzene rings is 3. The SMILES string of the molecule is O=S(=O)([O-])Oc1ccc(-c2ccnc3c2ccc2c(-c4ccc(OS(=O)(=O)[O-])cc4)ccnc23)cc1.[Na+].[Na+]. The van der Waals surface area contributed by atoms with Crippen LogP contribution in [0.25, 0.3) is 44.1 Å². The number of nitrogens with zero attached hydrogens (tertiary/aromatic N) is 2. The van der Waals surface area contributed by atoms with Gasteiger partial charge in [-0.1, -0.05) is 36.4 Å². The van der Waals surface area contributed by atoms with Crippen LogP contribution in [0.4, 0.5) is 0 Å². The normalized spacial score (nSPS) is 11.4. The predicted octanol–water partition coefficient (Wildman–Crippen LogP) is -2.20. The van der Waals surface area contributed by atoms with E-state index in [0.717, 1.165) is 33.0 Å². The van der Waals surface area contributed by atoms with Gasteiger partial charge in [-0.05, 0) is 58.7 Å². The van der Waals surface area contributed by atoms with Gasteiger partial charge in [0.2, 0.25) is 0 Å². The molecule has 0 spiro atoms. The van der Waals surface area contributed by atoms with E-state index in [1.54, 1.807) is 48.8 Å². The Kier molecular flexibility index (Phi) is 9.58. The number of hydrogen-bond donors (Lipinski definition) is 0. The topological polar surface area (TPSA) is 159 Å². The summed E-state index contributed by atoms with van der Waals surface area (Å²) in [5.41, 5.74) is 4.38. The van der Waals surface area contributed by atoms with E-state index in [4.69, 9.17) is 0 Å². The zero-order chi connectivity index (χ0) is 25.5. The van der Waals surface area contributed by atoms with Crippen molar-refractivity contribution in [1.29, 1.82) is 0 Å². The van der Waals surface area contributed by atoms with E-state index in [1.165, 1.54) is 24.3 Å². The molecule has 10 nitrogen and oxygen atoms in total. The van der Waals surface area contributed by atoms with Gasteiger partial charge in [-0.25, -0.2) is 16.8 Å². The van der Waals surface area contributed by atoms with Gasteiger partial charge in [-0.2, -0.15) is 0 Å². The van der Waals surface area contributed by atoms with Gasteiger partial charge in [-0.3, -0.25) is 9.97 Å². The van der Waals surface area contributed by atoms with E-state index in [1.807, 2.05) is 12.1 Å². The van der Waals surface area contributed by atoms with Gasteiger partial charge < -0.3 is 17.5 Å². The second-order valence-electron chi connectivity index (χ2n) is 7.61. The molecule has 5 rings (SSSR count). The van der Waals surface area contributed by atoms with Crippen LogP contribution in [-0.2, 0) is 20.8 Å². The van der Waals surface area contributed by atoms with Crippen molar-refractivity contribution in [3.05, 3.63) is 85.2 Å². The van der Waals surface area contributed by atoms with Crippen molar-refractivity contribution in [2.45, 2.75) is 0 Å². The van der Waals surface area contributed by atoms with Crippen LogP contribution in [0, 0.1) is 0 Å². The molecule has 0 radical (unpaired) electrons. The zero-order valence-electron chi connectivity index (χ0n) is 20.1. The average molecular weight is 568 g/mol. The van der Waals surface area contributed by atoms with Crippen LogP contribution in [0.5, 0.6) is 11.5 Å². The zero-order valence-corrected chi connectivity index (χ0v) is 25.7. The standard InChI is InChI=1S/C24H16N2O8S2.2Na/c27-35(28,29)33-17-5-1-15(2-6-17)19-11-13-25-23-21(19)9-10-22-20(12-14-26-24(22)23)16-3-7-18(8-4-16)34-36(30,31)32;;/h1-14H,(H,27,28,29)(H,30,31,32);;/q;2*+1/p-2. The summed E-state index contributed by atoms with van der Waals surface area (Å²) in [6.45, 7) is 0. The predicted molar refractivity (Wildman–Crippen MR) is 129 cm³/mol. The van der Waals surface area contributed by atoms with Gasteiger partial charge in [0, 0.05) is 23.2 Å². The molecule has 0 unspecified atom stereocenters. The molecule has 5 aromatic rings. The Morgan fingerprint density at radius 2 is 0.868 bits per heavy atom. The molecule has 0 saturated carbocycles. The Morgan fingerprint density at radius 1 is 0.526 bits per heavy atom. The second kappa shape index (κ2) is 12.0. The monoisotopic (exact) mass is 568 g/mol. The summed E-state index contributed by atoms with van der Waals surface area (Å²) in [4.78, 5) is 9.04. The molecular weight excluding hydrogens is 554 g/mol. The van der Waals surface area contributed by atoms with Crippen LogP contribution in [0.15, 0.2) is 85.2 Å². The second-order valence-corrected chi connectivity index (χ2v) is 9.57. The molecule has 2 heterocycles. The molecule has 0 N–H and O–H groups in total. The molecule has 38 heavy (non-hydrogen) atoms. The number of aromatic nitrogens is 2. The van der Waals surface area contributed by atoms with Crippen LogP contribution >= 0.6 is 0 Å². The fourth-order valence-electron chi connectivity index (χ4n) is 3.95. The van der Waals surface area contributed by atoms with Crippen LogP contribution in [0.1, 0.15) is 0 Å². The average Bonchev–Trinajstić information content (AvgIpc) is 2.82. The minimum Gasteiger partial charge on any atom is -0.716 e. The molecule has 0 aliphatic rings. The third kappa shape index (κ3) is 6.90. The van der Waals surface area contributed by atoms with Crippen LogP contribution < -0.4 is 67.5 Å². The fourth-order valence-corrected chi connectivity index (χ4v) is 4.64. The molecule has 0 aliphatic heterocycles. The van der Waals surface area contributed by atoms with Crippen molar-refractivity contribution in [1.82, 2.24) is 9.97 Å². The fraction of sp³-hybridized carbons (Fsp3) is 0. The molecule has 0 saturated heterocycles. The summed E-state index contributed by atoms with van der Waals surface area (Å²) in [5.74, 6) is -0.179. The Morgan fingerprint density at radius 3 is 1.18 bits per heavy atom. The first-order chi connectivity index (χ1) is 17.1. The molecule has 3 aromatic carbocycles. The molecule has 0 bridgehead atoms. The minimum absolute atomic E-state index is 0. The van der Waals surface area contributed by atoms with Gasteiger partial charge in [0.15, 0.2) is 0 Å². The third-order valence-corrected chi connectivity index (χ3v) is 6.14. The summed E-state index contributed by atoms with van der Waals surface area (Å²) >= 11 is 0. The first-order valence-electron chi connectivity index (χ1n) is 10.3. The van der Waals surface area contributed by atoms with Gasteiger partial charge in [0.1, 0.15) is 11.5 Å². The van der Waals surface area contributed by atoms with E-state index in [9.17, 15) is 25.9 Å². The largest absolute Gasteiger partial charge is 1.00 e. The van der Waals surface area contributed by atoms with Gasteiger partial charge >= 0.3 is 59.1 Å².